The molecule has 1 saturated carbocycles. The van der Waals surface area contributed by atoms with Crippen molar-refractivity contribution in [2.45, 2.75) is 44.9 Å². The Labute approximate surface area is 150 Å². The van der Waals surface area contributed by atoms with Crippen molar-refractivity contribution < 1.29 is 4.79 Å². The Morgan fingerprint density at radius 1 is 0.920 bits per heavy atom. The summed E-state index contributed by atoms with van der Waals surface area (Å²) >= 11 is 0. The van der Waals surface area contributed by atoms with Crippen LogP contribution in [0, 0.1) is 5.92 Å². The van der Waals surface area contributed by atoms with Gasteiger partial charge in [0, 0.05) is 17.5 Å². The third kappa shape index (κ3) is 4.56. The van der Waals surface area contributed by atoms with Crippen LogP contribution < -0.4 is 5.43 Å². The van der Waals surface area contributed by atoms with Crippen molar-refractivity contribution in [1.29, 1.82) is 0 Å². The molecule has 3 nitrogen and oxygen atoms in total. The Hall–Kier alpha value is -2.42. The maximum absolute atomic E-state index is 12.4. The van der Waals surface area contributed by atoms with E-state index in [1.165, 1.54) is 17.5 Å². The van der Waals surface area contributed by atoms with Gasteiger partial charge < -0.3 is 0 Å². The number of amides is 1. The first kappa shape index (κ1) is 17.4. The first-order valence-corrected chi connectivity index (χ1v) is 9.19. The van der Waals surface area contributed by atoms with Gasteiger partial charge in [0.1, 0.15) is 0 Å². The lowest BCUT2D eigenvalue weighted by molar-refractivity contribution is -0.125. The summed E-state index contributed by atoms with van der Waals surface area (Å²) in [4.78, 5) is 12.4. The molecule has 0 aromatic heterocycles. The van der Waals surface area contributed by atoms with Crippen LogP contribution in [-0.2, 0) is 4.79 Å². The molecule has 1 aliphatic carbocycles. The van der Waals surface area contributed by atoms with Crippen molar-refractivity contribution in [3.05, 3.63) is 71.8 Å². The average Bonchev–Trinajstić information content (AvgIpc) is 2.69. The Morgan fingerprint density at radius 3 is 1.96 bits per heavy atom. The molecule has 1 N–H and O–H groups in total. The number of nitrogens with zero attached hydrogens (tertiary/aromatic N) is 1. The summed E-state index contributed by atoms with van der Waals surface area (Å²) in [5.74, 6) is 0.241. The lowest BCUT2D eigenvalue weighted by Crippen LogP contribution is -2.29. The van der Waals surface area contributed by atoms with Gasteiger partial charge in [0.25, 0.3) is 0 Å². The van der Waals surface area contributed by atoms with E-state index in [-0.39, 0.29) is 17.7 Å². The molecule has 2 aromatic rings. The van der Waals surface area contributed by atoms with E-state index < -0.39 is 0 Å². The predicted octanol–water partition coefficient (Wildman–Crippen LogP) is 4.89. The minimum absolute atomic E-state index is 0.0501. The maximum Gasteiger partial charge on any atom is 0.243 e. The third-order valence-corrected chi connectivity index (χ3v) is 5.00. The third-order valence-electron chi connectivity index (χ3n) is 5.00. The molecule has 2 aromatic carbocycles. The number of hydrazone groups is 1. The predicted molar refractivity (Wildman–Crippen MR) is 103 cm³/mol. The summed E-state index contributed by atoms with van der Waals surface area (Å²) in [6.45, 7) is 1.99. The Morgan fingerprint density at radius 2 is 1.44 bits per heavy atom. The number of rotatable bonds is 5. The average molecular weight is 334 g/mol. The minimum atomic E-state index is 0.0501. The number of hydrogen-bond acceptors (Lipinski definition) is 2. The second kappa shape index (κ2) is 8.61. The largest absolute Gasteiger partial charge is 0.273 e. The highest BCUT2D eigenvalue weighted by atomic mass is 16.2. The molecule has 1 aliphatic rings. The molecule has 0 aliphatic heterocycles. The van der Waals surface area contributed by atoms with Gasteiger partial charge in [0.15, 0.2) is 0 Å². The molecule has 1 fully saturated rings. The van der Waals surface area contributed by atoms with Crippen LogP contribution in [-0.4, -0.2) is 11.6 Å². The van der Waals surface area contributed by atoms with E-state index in [0.717, 1.165) is 31.4 Å². The van der Waals surface area contributed by atoms with Crippen LogP contribution in [0.5, 0.6) is 0 Å². The first-order chi connectivity index (χ1) is 12.3. The van der Waals surface area contributed by atoms with Gasteiger partial charge in [-0.3, -0.25) is 4.79 Å². The van der Waals surface area contributed by atoms with Crippen LogP contribution in [0.2, 0.25) is 0 Å². The van der Waals surface area contributed by atoms with Crippen LogP contribution in [0.1, 0.15) is 56.1 Å². The highest BCUT2D eigenvalue weighted by molar-refractivity contribution is 5.93. The van der Waals surface area contributed by atoms with Gasteiger partial charge in [0.2, 0.25) is 5.91 Å². The number of nitrogens with one attached hydrogen (secondary N) is 1. The number of carbonyl (C=O) groups is 1. The summed E-state index contributed by atoms with van der Waals surface area (Å²) in [5, 5.41) is 4.47. The van der Waals surface area contributed by atoms with E-state index in [4.69, 9.17) is 0 Å². The van der Waals surface area contributed by atoms with Crippen molar-refractivity contribution >= 4 is 11.6 Å². The topological polar surface area (TPSA) is 41.5 Å². The van der Waals surface area contributed by atoms with Gasteiger partial charge in [0.05, 0.1) is 0 Å². The smallest absolute Gasteiger partial charge is 0.243 e. The molecule has 0 heterocycles. The lowest BCUT2D eigenvalue weighted by Gasteiger charge is -2.21. The number of hydrogen-bond donors (Lipinski definition) is 1. The van der Waals surface area contributed by atoms with Crippen molar-refractivity contribution in [3.63, 3.8) is 0 Å². The molecule has 0 radical (unpaired) electrons. The Kier molecular flexibility index (Phi) is 5.99. The second-order valence-electron chi connectivity index (χ2n) is 6.82. The molecule has 3 rings (SSSR count). The maximum atomic E-state index is 12.4. The van der Waals surface area contributed by atoms with Crippen LogP contribution in [0.25, 0.3) is 0 Å². The summed E-state index contributed by atoms with van der Waals surface area (Å²) in [5.41, 5.74) is 6.09. The fraction of sp³-hybridized carbons (Fsp3) is 0.364. The fourth-order valence-electron chi connectivity index (χ4n) is 3.63. The quantitative estimate of drug-likeness (QED) is 0.614. The molecular formula is C22H26N2O. The van der Waals surface area contributed by atoms with Gasteiger partial charge in [-0.2, -0.15) is 5.10 Å². The van der Waals surface area contributed by atoms with Crippen molar-refractivity contribution in [2.75, 3.05) is 0 Å². The highest BCUT2D eigenvalue weighted by Crippen LogP contribution is 2.26. The summed E-state index contributed by atoms with van der Waals surface area (Å²) in [6.07, 6.45) is 5.52. The zero-order valence-corrected chi connectivity index (χ0v) is 14.8. The molecular weight excluding hydrogens is 308 g/mol. The van der Waals surface area contributed by atoms with Crippen LogP contribution in [0.15, 0.2) is 65.8 Å². The van der Waals surface area contributed by atoms with Crippen molar-refractivity contribution in [2.24, 2.45) is 11.0 Å². The van der Waals surface area contributed by atoms with E-state index in [1.54, 1.807) is 0 Å². The molecule has 0 spiro atoms. The van der Waals surface area contributed by atoms with Crippen LogP contribution >= 0.6 is 0 Å². The van der Waals surface area contributed by atoms with Crippen molar-refractivity contribution in [3.8, 4) is 0 Å². The van der Waals surface area contributed by atoms with E-state index in [9.17, 15) is 4.79 Å². The highest BCUT2D eigenvalue weighted by Gasteiger charge is 2.22. The van der Waals surface area contributed by atoms with Crippen molar-refractivity contribution in [1.82, 2.24) is 5.43 Å². The van der Waals surface area contributed by atoms with Gasteiger partial charge in [-0.25, -0.2) is 5.43 Å². The molecule has 0 saturated heterocycles. The monoisotopic (exact) mass is 334 g/mol. The number of carbonyl (C=O) groups excluding carboxylic acids is 1. The van der Waals surface area contributed by atoms with Gasteiger partial charge in [-0.05, 0) is 30.9 Å². The van der Waals surface area contributed by atoms with Gasteiger partial charge >= 0.3 is 0 Å². The second-order valence-corrected chi connectivity index (χ2v) is 6.82. The Balaban J connectivity index is 1.79. The normalized spacial score (nSPS) is 16.0. The summed E-state index contributed by atoms with van der Waals surface area (Å²) in [6, 6.07) is 20.6. The zero-order valence-electron chi connectivity index (χ0n) is 14.8. The van der Waals surface area contributed by atoms with Gasteiger partial charge in [-0.15, -0.1) is 0 Å². The minimum Gasteiger partial charge on any atom is -0.273 e. The molecule has 3 heteroatoms. The molecule has 1 amide bonds. The van der Waals surface area contributed by atoms with E-state index in [2.05, 4.69) is 34.8 Å². The first-order valence-electron chi connectivity index (χ1n) is 9.19. The van der Waals surface area contributed by atoms with E-state index >= 15 is 0 Å². The molecule has 0 unspecified atom stereocenters. The fourth-order valence-corrected chi connectivity index (χ4v) is 3.63. The molecule has 0 bridgehead atoms. The van der Waals surface area contributed by atoms with Crippen LogP contribution in [0.4, 0.5) is 0 Å². The van der Waals surface area contributed by atoms with Crippen LogP contribution in [0.3, 0.4) is 0 Å². The zero-order chi connectivity index (χ0) is 17.5. The molecule has 130 valence electrons. The summed E-state index contributed by atoms with van der Waals surface area (Å²) in [7, 11) is 0. The molecule has 0 atom stereocenters. The standard InChI is InChI=1S/C22H26N2O/c1-17(23-24-22(25)20-15-9-4-10-16-20)21(18-11-5-2-6-12-18)19-13-7-3-8-14-19/h2-3,5-8,11-14,20-21H,4,9-10,15-16H2,1H3,(H,24,25)/b23-17+. The van der Waals surface area contributed by atoms with Gasteiger partial charge in [-0.1, -0.05) is 79.9 Å². The van der Waals surface area contributed by atoms with E-state index in [0.29, 0.717) is 0 Å². The summed E-state index contributed by atoms with van der Waals surface area (Å²) < 4.78 is 0. The lowest BCUT2D eigenvalue weighted by atomic mass is 9.88. The Bertz CT molecular complexity index is 664. The van der Waals surface area contributed by atoms with E-state index in [1.807, 2.05) is 43.3 Å². The number of benzene rings is 2. The molecule has 25 heavy (non-hydrogen) atoms. The SMILES string of the molecule is C/C(=N\NC(=O)C1CCCCC1)C(c1ccccc1)c1ccccc1.